The second kappa shape index (κ2) is 10.1. The average Bonchev–Trinajstić information content (AvgIpc) is 3.36. The molecule has 4 aromatic rings. The third-order valence-corrected chi connectivity index (χ3v) is 5.85. The molecule has 0 amide bonds. The van der Waals surface area contributed by atoms with Crippen LogP contribution in [0.3, 0.4) is 0 Å². The van der Waals surface area contributed by atoms with Gasteiger partial charge in [0.1, 0.15) is 11.5 Å². The van der Waals surface area contributed by atoms with Gasteiger partial charge in [0.15, 0.2) is 5.82 Å². The zero-order valence-electron chi connectivity index (χ0n) is 18.8. The van der Waals surface area contributed by atoms with Gasteiger partial charge in [-0.1, -0.05) is 18.2 Å². The maximum absolute atomic E-state index is 5.56. The highest BCUT2D eigenvalue weighted by Crippen LogP contribution is 2.30. The minimum absolute atomic E-state index is 0.707. The molecule has 3 N–H and O–H groups in total. The van der Waals surface area contributed by atoms with Crippen molar-refractivity contribution in [2.24, 2.45) is 0 Å². The fourth-order valence-corrected chi connectivity index (χ4v) is 4.10. The van der Waals surface area contributed by atoms with Crippen molar-refractivity contribution >= 4 is 16.9 Å². The van der Waals surface area contributed by atoms with Gasteiger partial charge in [-0.15, -0.1) is 0 Å². The van der Waals surface area contributed by atoms with Crippen LogP contribution < -0.4 is 15.5 Å². The van der Waals surface area contributed by atoms with Gasteiger partial charge in [-0.05, 0) is 30.8 Å². The van der Waals surface area contributed by atoms with E-state index in [9.17, 15) is 0 Å². The van der Waals surface area contributed by atoms with Gasteiger partial charge in [0.25, 0.3) is 0 Å². The number of rotatable bonds is 8. The predicted molar refractivity (Wildman–Crippen MR) is 131 cm³/mol. The van der Waals surface area contributed by atoms with Crippen LogP contribution in [0, 0.1) is 0 Å². The molecule has 0 aliphatic carbocycles. The van der Waals surface area contributed by atoms with E-state index in [1.54, 1.807) is 6.20 Å². The van der Waals surface area contributed by atoms with Gasteiger partial charge >= 0.3 is 0 Å². The first kappa shape index (κ1) is 21.5. The zero-order chi connectivity index (χ0) is 22.5. The number of benzene rings is 1. The number of ether oxygens (including phenoxy) is 1. The standard InChI is InChI=1S/C25H29N7O/c1-26-9-10-27-17-18-3-2-4-19(15-18)22-16-23(32-11-13-33-14-12-32)31-25(30-22)21-6-8-29-24-20(21)5-7-28-24/h2-8,15-16,26-27H,9-14,17H2,1H3,(H,28,29). The van der Waals surface area contributed by atoms with Gasteiger partial charge in [0.2, 0.25) is 0 Å². The van der Waals surface area contributed by atoms with E-state index >= 15 is 0 Å². The minimum Gasteiger partial charge on any atom is -0.378 e. The maximum Gasteiger partial charge on any atom is 0.162 e. The third kappa shape index (κ3) is 4.88. The quantitative estimate of drug-likeness (QED) is 0.361. The highest BCUT2D eigenvalue weighted by molar-refractivity contribution is 5.91. The molecule has 170 valence electrons. The van der Waals surface area contributed by atoms with E-state index < -0.39 is 0 Å². The molecule has 0 unspecified atom stereocenters. The number of hydrogen-bond acceptors (Lipinski definition) is 7. The van der Waals surface area contributed by atoms with E-state index in [4.69, 9.17) is 14.7 Å². The monoisotopic (exact) mass is 443 g/mol. The molecule has 1 aliphatic rings. The number of aromatic nitrogens is 4. The van der Waals surface area contributed by atoms with Gasteiger partial charge in [0.05, 0.1) is 18.9 Å². The van der Waals surface area contributed by atoms with Gasteiger partial charge < -0.3 is 25.3 Å². The Balaban J connectivity index is 1.54. The molecule has 1 aromatic carbocycles. The van der Waals surface area contributed by atoms with Crippen molar-refractivity contribution in [1.82, 2.24) is 30.6 Å². The Morgan fingerprint density at radius 3 is 2.85 bits per heavy atom. The van der Waals surface area contributed by atoms with Crippen molar-refractivity contribution in [2.45, 2.75) is 6.54 Å². The lowest BCUT2D eigenvalue weighted by Crippen LogP contribution is -2.36. The molecule has 33 heavy (non-hydrogen) atoms. The summed E-state index contributed by atoms with van der Waals surface area (Å²) in [4.78, 5) is 19.9. The first-order valence-corrected chi connectivity index (χ1v) is 11.4. The lowest BCUT2D eigenvalue weighted by atomic mass is 10.1. The highest BCUT2D eigenvalue weighted by Gasteiger charge is 2.18. The van der Waals surface area contributed by atoms with Crippen LogP contribution in [-0.4, -0.2) is 66.4 Å². The molecule has 0 radical (unpaired) electrons. The lowest BCUT2D eigenvalue weighted by molar-refractivity contribution is 0.122. The predicted octanol–water partition coefficient (Wildman–Crippen LogP) is 2.83. The SMILES string of the molecule is CNCCNCc1cccc(-c2cc(N3CCOCC3)nc(-c3ccnc4[nH]ccc34)n2)c1. The Kier molecular flexibility index (Phi) is 6.57. The summed E-state index contributed by atoms with van der Waals surface area (Å²) in [5.74, 6) is 1.63. The molecule has 4 heterocycles. The number of nitrogens with zero attached hydrogens (tertiary/aromatic N) is 4. The van der Waals surface area contributed by atoms with Crippen molar-refractivity contribution < 1.29 is 4.74 Å². The summed E-state index contributed by atoms with van der Waals surface area (Å²) in [5.41, 5.74) is 5.04. The van der Waals surface area contributed by atoms with Crippen LogP contribution in [0.15, 0.2) is 54.9 Å². The number of fused-ring (bicyclic) bond motifs is 1. The fourth-order valence-electron chi connectivity index (χ4n) is 4.10. The topological polar surface area (TPSA) is 91.0 Å². The molecule has 1 fully saturated rings. The van der Waals surface area contributed by atoms with Gasteiger partial charge in [-0.2, -0.15) is 0 Å². The van der Waals surface area contributed by atoms with Crippen LogP contribution >= 0.6 is 0 Å². The summed E-state index contributed by atoms with van der Waals surface area (Å²) in [5, 5.41) is 7.65. The number of nitrogens with one attached hydrogen (secondary N) is 3. The van der Waals surface area contributed by atoms with Crippen LogP contribution in [-0.2, 0) is 11.3 Å². The van der Waals surface area contributed by atoms with Crippen LogP contribution in [0.4, 0.5) is 5.82 Å². The molecule has 3 aromatic heterocycles. The molecule has 1 saturated heterocycles. The smallest absolute Gasteiger partial charge is 0.162 e. The van der Waals surface area contributed by atoms with Gasteiger partial charge in [-0.25, -0.2) is 15.0 Å². The molecule has 1 aliphatic heterocycles. The second-order valence-electron chi connectivity index (χ2n) is 8.11. The summed E-state index contributed by atoms with van der Waals surface area (Å²) < 4.78 is 5.56. The average molecular weight is 444 g/mol. The van der Waals surface area contributed by atoms with Crippen LogP contribution in [0.5, 0.6) is 0 Å². The summed E-state index contributed by atoms with van der Waals surface area (Å²) in [6, 6.07) is 14.7. The summed E-state index contributed by atoms with van der Waals surface area (Å²) >= 11 is 0. The molecule has 0 spiro atoms. The van der Waals surface area contributed by atoms with Gasteiger partial charge in [0, 0.05) is 67.7 Å². The van der Waals surface area contributed by atoms with E-state index in [-0.39, 0.29) is 0 Å². The van der Waals surface area contributed by atoms with E-state index in [1.165, 1.54) is 5.56 Å². The minimum atomic E-state index is 0.707. The Morgan fingerprint density at radius 2 is 1.97 bits per heavy atom. The summed E-state index contributed by atoms with van der Waals surface area (Å²) in [6.45, 7) is 5.74. The van der Waals surface area contributed by atoms with Gasteiger partial charge in [-0.3, -0.25) is 0 Å². The van der Waals surface area contributed by atoms with Crippen molar-refractivity contribution in [3.05, 3.63) is 60.4 Å². The number of H-pyrrole nitrogens is 1. The number of hydrogen-bond donors (Lipinski definition) is 3. The Bertz CT molecular complexity index is 1220. The summed E-state index contributed by atoms with van der Waals surface area (Å²) in [6.07, 6.45) is 3.70. The molecular formula is C25H29N7O. The first-order chi connectivity index (χ1) is 16.3. The third-order valence-electron chi connectivity index (χ3n) is 5.85. The molecule has 8 nitrogen and oxygen atoms in total. The fraction of sp³-hybridized carbons (Fsp3) is 0.320. The van der Waals surface area contributed by atoms with Crippen molar-refractivity contribution in [3.63, 3.8) is 0 Å². The van der Waals surface area contributed by atoms with Crippen molar-refractivity contribution in [1.29, 1.82) is 0 Å². The Hall–Kier alpha value is -3.33. The number of likely N-dealkylation sites (N-methyl/N-ethyl adjacent to an activating group) is 1. The van der Waals surface area contributed by atoms with E-state index in [1.807, 2.05) is 25.4 Å². The normalized spacial score (nSPS) is 14.2. The number of aromatic amines is 1. The lowest BCUT2D eigenvalue weighted by Gasteiger charge is -2.28. The van der Waals surface area contributed by atoms with Crippen molar-refractivity contribution in [3.8, 4) is 22.6 Å². The number of anilines is 1. The number of morpholine rings is 1. The molecule has 0 saturated carbocycles. The molecule has 0 atom stereocenters. The van der Waals surface area contributed by atoms with E-state index in [0.29, 0.717) is 19.0 Å². The molecular weight excluding hydrogens is 414 g/mol. The Morgan fingerprint density at radius 1 is 1.06 bits per heavy atom. The van der Waals surface area contributed by atoms with Crippen molar-refractivity contribution in [2.75, 3.05) is 51.3 Å². The first-order valence-electron chi connectivity index (χ1n) is 11.4. The Labute approximate surface area is 193 Å². The molecule has 5 rings (SSSR count). The zero-order valence-corrected chi connectivity index (χ0v) is 18.8. The largest absolute Gasteiger partial charge is 0.378 e. The number of pyridine rings is 1. The molecule has 0 bridgehead atoms. The van der Waals surface area contributed by atoms with E-state index in [0.717, 1.165) is 66.4 Å². The van der Waals surface area contributed by atoms with Crippen LogP contribution in [0.2, 0.25) is 0 Å². The summed E-state index contributed by atoms with van der Waals surface area (Å²) in [7, 11) is 1.96. The van der Waals surface area contributed by atoms with Crippen LogP contribution in [0.1, 0.15) is 5.56 Å². The van der Waals surface area contributed by atoms with Crippen LogP contribution in [0.25, 0.3) is 33.7 Å². The molecule has 8 heteroatoms. The second-order valence-corrected chi connectivity index (χ2v) is 8.11. The van der Waals surface area contributed by atoms with E-state index in [2.05, 4.69) is 55.8 Å². The highest BCUT2D eigenvalue weighted by atomic mass is 16.5. The maximum atomic E-state index is 5.56.